The van der Waals surface area contributed by atoms with Gasteiger partial charge in [0, 0.05) is 24.7 Å². The fourth-order valence-electron chi connectivity index (χ4n) is 3.65. The van der Waals surface area contributed by atoms with Gasteiger partial charge in [0.15, 0.2) is 11.5 Å². The van der Waals surface area contributed by atoms with Crippen LogP contribution in [0.1, 0.15) is 19.3 Å². The van der Waals surface area contributed by atoms with Crippen LogP contribution >= 0.6 is 0 Å². The maximum absolute atomic E-state index is 5.73. The molecule has 0 amide bonds. The first kappa shape index (κ1) is 12.1. The molecule has 106 valence electrons. The minimum Gasteiger partial charge on any atom is -0.490 e. The maximum atomic E-state index is 5.73. The van der Waals surface area contributed by atoms with Crippen molar-refractivity contribution in [2.75, 3.05) is 25.1 Å². The Morgan fingerprint density at radius 2 is 1.95 bits per heavy atom. The highest BCUT2D eigenvalue weighted by Crippen LogP contribution is 2.43. The molecule has 1 aliphatic heterocycles. The van der Waals surface area contributed by atoms with E-state index in [0.717, 1.165) is 61.1 Å². The Bertz CT molecular complexity index is 526. The summed E-state index contributed by atoms with van der Waals surface area (Å²) in [6.45, 7) is 2.55. The number of benzene rings is 1. The Kier molecular flexibility index (Phi) is 3.06. The van der Waals surface area contributed by atoms with Crippen molar-refractivity contribution < 1.29 is 9.47 Å². The third kappa shape index (κ3) is 2.26. The number of fused-ring (bicyclic) bond motifs is 3. The fraction of sp³-hybridized carbons (Fsp3) is 0.529. The smallest absolute Gasteiger partial charge is 0.163 e. The summed E-state index contributed by atoms with van der Waals surface area (Å²) in [6, 6.07) is 6.18. The molecule has 3 nitrogen and oxygen atoms in total. The van der Waals surface area contributed by atoms with E-state index < -0.39 is 0 Å². The zero-order valence-electron chi connectivity index (χ0n) is 11.7. The fourth-order valence-corrected chi connectivity index (χ4v) is 3.65. The second-order valence-electron chi connectivity index (χ2n) is 6.13. The Morgan fingerprint density at radius 1 is 1.05 bits per heavy atom. The third-order valence-corrected chi connectivity index (χ3v) is 4.73. The lowest BCUT2D eigenvalue weighted by Gasteiger charge is -2.19. The van der Waals surface area contributed by atoms with Crippen LogP contribution in [0.2, 0.25) is 0 Å². The van der Waals surface area contributed by atoms with Crippen LogP contribution in [0, 0.1) is 17.8 Å². The molecule has 1 heterocycles. The van der Waals surface area contributed by atoms with Gasteiger partial charge in [-0.1, -0.05) is 12.2 Å². The highest BCUT2D eigenvalue weighted by atomic mass is 16.5. The summed E-state index contributed by atoms with van der Waals surface area (Å²) in [5, 5.41) is 3.57. The van der Waals surface area contributed by atoms with E-state index in [4.69, 9.17) is 9.47 Å². The first-order chi connectivity index (χ1) is 9.88. The summed E-state index contributed by atoms with van der Waals surface area (Å²) in [6.07, 6.45) is 8.48. The lowest BCUT2D eigenvalue weighted by Crippen LogP contribution is -2.18. The van der Waals surface area contributed by atoms with Crippen LogP contribution in [0.3, 0.4) is 0 Å². The van der Waals surface area contributed by atoms with E-state index in [1.54, 1.807) is 0 Å². The predicted octanol–water partition coefficient (Wildman–Crippen LogP) is 3.47. The van der Waals surface area contributed by atoms with Crippen molar-refractivity contribution in [3.63, 3.8) is 0 Å². The van der Waals surface area contributed by atoms with Gasteiger partial charge in [0.2, 0.25) is 0 Å². The average molecular weight is 271 g/mol. The Morgan fingerprint density at radius 3 is 2.75 bits per heavy atom. The molecule has 1 aromatic rings. The molecule has 3 atom stereocenters. The molecule has 3 unspecified atom stereocenters. The number of rotatable bonds is 3. The highest BCUT2D eigenvalue weighted by Gasteiger charge is 2.35. The van der Waals surface area contributed by atoms with E-state index in [2.05, 4.69) is 29.6 Å². The number of hydrogen-bond donors (Lipinski definition) is 1. The minimum atomic E-state index is 0.744. The van der Waals surface area contributed by atoms with E-state index in [-0.39, 0.29) is 0 Å². The quantitative estimate of drug-likeness (QED) is 0.854. The lowest BCUT2D eigenvalue weighted by molar-refractivity contribution is 0.297. The van der Waals surface area contributed by atoms with Crippen molar-refractivity contribution in [1.82, 2.24) is 0 Å². The molecule has 1 N–H and O–H groups in total. The van der Waals surface area contributed by atoms with Gasteiger partial charge in [0.1, 0.15) is 0 Å². The van der Waals surface area contributed by atoms with Gasteiger partial charge in [0.25, 0.3) is 0 Å². The number of anilines is 1. The summed E-state index contributed by atoms with van der Waals surface area (Å²) in [5.74, 6) is 4.18. The summed E-state index contributed by atoms with van der Waals surface area (Å²) in [5.41, 5.74) is 1.14. The van der Waals surface area contributed by atoms with Gasteiger partial charge < -0.3 is 14.8 Å². The van der Waals surface area contributed by atoms with Crippen LogP contribution < -0.4 is 14.8 Å². The average Bonchev–Trinajstić information content (AvgIpc) is 3.01. The van der Waals surface area contributed by atoms with Crippen LogP contribution in [0.5, 0.6) is 11.5 Å². The van der Waals surface area contributed by atoms with Gasteiger partial charge in [-0.05, 0) is 42.7 Å². The molecule has 4 rings (SSSR count). The van der Waals surface area contributed by atoms with Crippen LogP contribution in [-0.2, 0) is 0 Å². The van der Waals surface area contributed by atoms with E-state index >= 15 is 0 Å². The molecule has 2 aliphatic carbocycles. The van der Waals surface area contributed by atoms with Crippen LogP contribution in [-0.4, -0.2) is 19.8 Å². The van der Waals surface area contributed by atoms with Crippen LogP contribution in [0.25, 0.3) is 0 Å². The molecule has 20 heavy (non-hydrogen) atoms. The standard InChI is InChI=1S/C17H21NO2/c1-6-19-16-5-4-15(10-17(16)20-7-1)18-11-14-9-12-2-3-13(14)8-12/h2-5,10,12-14,18H,1,6-9,11H2. The zero-order chi connectivity index (χ0) is 13.4. The molecule has 0 saturated heterocycles. The molecular weight excluding hydrogens is 250 g/mol. The Balaban J connectivity index is 1.41. The first-order valence-electron chi connectivity index (χ1n) is 7.70. The van der Waals surface area contributed by atoms with Crippen molar-refractivity contribution in [2.45, 2.75) is 19.3 Å². The molecule has 0 spiro atoms. The number of allylic oxidation sites excluding steroid dienone is 2. The molecule has 0 aromatic heterocycles. The molecule has 3 aliphatic rings. The summed E-state index contributed by atoms with van der Waals surface area (Å²) >= 11 is 0. The first-order valence-corrected chi connectivity index (χ1v) is 7.70. The number of ether oxygens (including phenoxy) is 2. The molecule has 3 heteroatoms. The van der Waals surface area contributed by atoms with Gasteiger partial charge in [0.05, 0.1) is 13.2 Å². The SMILES string of the molecule is C1=CC2CC1CC2CNc1ccc2c(c1)OCCCO2. The summed E-state index contributed by atoms with van der Waals surface area (Å²) < 4.78 is 11.4. The van der Waals surface area contributed by atoms with Gasteiger partial charge in [-0.25, -0.2) is 0 Å². The monoisotopic (exact) mass is 271 g/mol. The van der Waals surface area contributed by atoms with Gasteiger partial charge in [-0.2, -0.15) is 0 Å². The molecule has 1 fully saturated rings. The predicted molar refractivity (Wildman–Crippen MR) is 79.4 cm³/mol. The number of nitrogens with one attached hydrogen (secondary N) is 1. The molecule has 2 bridgehead atoms. The van der Waals surface area contributed by atoms with Gasteiger partial charge >= 0.3 is 0 Å². The van der Waals surface area contributed by atoms with Crippen LogP contribution in [0.15, 0.2) is 30.4 Å². The van der Waals surface area contributed by atoms with E-state index in [1.165, 1.54) is 12.8 Å². The van der Waals surface area contributed by atoms with Crippen molar-refractivity contribution >= 4 is 5.69 Å². The Hall–Kier alpha value is -1.64. The van der Waals surface area contributed by atoms with E-state index in [9.17, 15) is 0 Å². The van der Waals surface area contributed by atoms with Crippen molar-refractivity contribution in [3.8, 4) is 11.5 Å². The second-order valence-corrected chi connectivity index (χ2v) is 6.13. The van der Waals surface area contributed by atoms with Crippen molar-refractivity contribution in [2.24, 2.45) is 17.8 Å². The molecular formula is C17H21NO2. The Labute approximate surface area is 120 Å². The highest BCUT2D eigenvalue weighted by molar-refractivity contribution is 5.55. The summed E-state index contributed by atoms with van der Waals surface area (Å²) in [4.78, 5) is 0. The molecule has 1 saturated carbocycles. The normalized spacial score (nSPS) is 30.3. The largest absolute Gasteiger partial charge is 0.490 e. The summed E-state index contributed by atoms with van der Waals surface area (Å²) in [7, 11) is 0. The second kappa shape index (κ2) is 5.04. The molecule has 1 aromatic carbocycles. The number of hydrogen-bond acceptors (Lipinski definition) is 3. The molecule has 0 radical (unpaired) electrons. The maximum Gasteiger partial charge on any atom is 0.163 e. The van der Waals surface area contributed by atoms with E-state index in [0.29, 0.717) is 0 Å². The van der Waals surface area contributed by atoms with Gasteiger partial charge in [-0.3, -0.25) is 0 Å². The third-order valence-electron chi connectivity index (χ3n) is 4.73. The van der Waals surface area contributed by atoms with Crippen molar-refractivity contribution in [3.05, 3.63) is 30.4 Å². The van der Waals surface area contributed by atoms with Crippen LogP contribution in [0.4, 0.5) is 5.69 Å². The lowest BCUT2D eigenvalue weighted by atomic mass is 9.93. The topological polar surface area (TPSA) is 30.5 Å². The van der Waals surface area contributed by atoms with E-state index in [1.807, 2.05) is 6.07 Å². The zero-order valence-corrected chi connectivity index (χ0v) is 11.7. The minimum absolute atomic E-state index is 0.744. The van der Waals surface area contributed by atoms with Gasteiger partial charge in [-0.15, -0.1) is 0 Å². The van der Waals surface area contributed by atoms with Crippen molar-refractivity contribution in [1.29, 1.82) is 0 Å².